The average molecular weight is 435 g/mol. The molecule has 31 heavy (non-hydrogen) atoms. The predicted molar refractivity (Wildman–Crippen MR) is 128 cm³/mol. The number of thioether (sulfide) groups is 1. The number of ether oxygens (including phenoxy) is 1. The Bertz CT molecular complexity index is 990. The Morgan fingerprint density at radius 3 is 2.16 bits per heavy atom. The number of nitrogens with one attached hydrogen (secondary N) is 2. The second-order valence-electron chi connectivity index (χ2n) is 6.97. The van der Waals surface area contributed by atoms with E-state index in [-0.39, 0.29) is 11.8 Å². The predicted octanol–water partition coefficient (Wildman–Crippen LogP) is 4.85. The molecule has 160 valence electrons. The van der Waals surface area contributed by atoms with Crippen molar-refractivity contribution < 1.29 is 14.3 Å². The van der Waals surface area contributed by atoms with Gasteiger partial charge in [0.1, 0.15) is 11.8 Å². The third-order valence-corrected chi connectivity index (χ3v) is 5.49. The van der Waals surface area contributed by atoms with E-state index < -0.39 is 6.04 Å². The van der Waals surface area contributed by atoms with Crippen LogP contribution in [0.3, 0.4) is 0 Å². The minimum atomic E-state index is -0.629. The number of hydrogen-bond acceptors (Lipinski definition) is 4. The second kappa shape index (κ2) is 11.2. The number of carbonyl (C=O) groups is 2. The Morgan fingerprint density at radius 1 is 0.903 bits per heavy atom. The van der Waals surface area contributed by atoms with E-state index >= 15 is 0 Å². The van der Waals surface area contributed by atoms with E-state index in [0.29, 0.717) is 23.4 Å². The van der Waals surface area contributed by atoms with Gasteiger partial charge in [-0.15, -0.1) is 0 Å². The number of carbonyl (C=O) groups excluding carboxylic acids is 2. The Morgan fingerprint density at radius 2 is 1.55 bits per heavy atom. The topological polar surface area (TPSA) is 67.4 Å². The highest BCUT2D eigenvalue weighted by Gasteiger charge is 2.21. The van der Waals surface area contributed by atoms with Crippen molar-refractivity contribution in [1.29, 1.82) is 0 Å². The van der Waals surface area contributed by atoms with Crippen LogP contribution in [0.4, 0.5) is 5.69 Å². The first-order valence-electron chi connectivity index (χ1n) is 10.0. The van der Waals surface area contributed by atoms with Gasteiger partial charge in [0, 0.05) is 11.3 Å². The molecule has 0 saturated carbocycles. The van der Waals surface area contributed by atoms with Crippen LogP contribution in [0.2, 0.25) is 0 Å². The zero-order chi connectivity index (χ0) is 22.1. The molecule has 0 aliphatic rings. The van der Waals surface area contributed by atoms with E-state index in [1.54, 1.807) is 43.1 Å². The van der Waals surface area contributed by atoms with Crippen molar-refractivity contribution in [2.75, 3.05) is 24.4 Å². The number of hydrogen-bond donors (Lipinski definition) is 2. The molecule has 0 bridgehead atoms. The molecule has 2 amide bonds. The summed E-state index contributed by atoms with van der Waals surface area (Å²) in [5, 5.41) is 5.78. The highest BCUT2D eigenvalue weighted by molar-refractivity contribution is 7.98. The van der Waals surface area contributed by atoms with E-state index in [1.165, 1.54) is 0 Å². The Hall–Kier alpha value is -3.25. The molecule has 0 radical (unpaired) electrons. The zero-order valence-electron chi connectivity index (χ0n) is 17.6. The average Bonchev–Trinajstić information content (AvgIpc) is 2.82. The number of methoxy groups -OCH3 is 1. The largest absolute Gasteiger partial charge is 0.497 e. The van der Waals surface area contributed by atoms with Crippen LogP contribution in [0.25, 0.3) is 11.1 Å². The number of amides is 2. The Labute approximate surface area is 187 Å². The van der Waals surface area contributed by atoms with Crippen LogP contribution in [0, 0.1) is 0 Å². The van der Waals surface area contributed by atoms with E-state index in [0.717, 1.165) is 16.9 Å². The molecule has 0 aliphatic carbocycles. The molecular weight excluding hydrogens is 408 g/mol. The summed E-state index contributed by atoms with van der Waals surface area (Å²) in [4.78, 5) is 25.5. The standard InChI is InChI=1S/C25H26N2O3S/c1-30-22-14-10-20(11-15-22)24(28)27-23(16-17-31-2)25(29)26-21-12-8-19(9-13-21)18-6-4-3-5-7-18/h3-15,23H,16-17H2,1-2H3,(H,26,29)(H,27,28). The van der Waals surface area contributed by atoms with E-state index in [4.69, 9.17) is 4.74 Å². The quantitative estimate of drug-likeness (QED) is 0.505. The molecule has 1 unspecified atom stereocenters. The lowest BCUT2D eigenvalue weighted by Crippen LogP contribution is -2.44. The molecule has 5 nitrogen and oxygen atoms in total. The Balaban J connectivity index is 1.66. The molecule has 0 heterocycles. The van der Waals surface area contributed by atoms with Gasteiger partial charge in [0.15, 0.2) is 0 Å². The fourth-order valence-electron chi connectivity index (χ4n) is 3.09. The molecule has 0 aromatic heterocycles. The summed E-state index contributed by atoms with van der Waals surface area (Å²) in [5.41, 5.74) is 3.36. The summed E-state index contributed by atoms with van der Waals surface area (Å²) in [6, 6.07) is 23.9. The molecule has 1 atom stereocenters. The molecule has 3 aromatic carbocycles. The van der Waals surface area contributed by atoms with Gasteiger partial charge in [-0.1, -0.05) is 42.5 Å². The lowest BCUT2D eigenvalue weighted by Gasteiger charge is -2.18. The van der Waals surface area contributed by atoms with Gasteiger partial charge in [-0.25, -0.2) is 0 Å². The van der Waals surface area contributed by atoms with Gasteiger partial charge < -0.3 is 15.4 Å². The number of rotatable bonds is 9. The van der Waals surface area contributed by atoms with Crippen LogP contribution in [0.1, 0.15) is 16.8 Å². The molecule has 0 saturated heterocycles. The molecule has 2 N–H and O–H groups in total. The van der Waals surface area contributed by atoms with Gasteiger partial charge in [0.05, 0.1) is 7.11 Å². The summed E-state index contributed by atoms with van der Waals surface area (Å²) < 4.78 is 5.13. The summed E-state index contributed by atoms with van der Waals surface area (Å²) >= 11 is 1.63. The molecule has 3 aromatic rings. The molecule has 0 aliphatic heterocycles. The van der Waals surface area contributed by atoms with Gasteiger partial charge in [0.2, 0.25) is 5.91 Å². The van der Waals surface area contributed by atoms with Crippen LogP contribution in [-0.4, -0.2) is 37.0 Å². The van der Waals surface area contributed by atoms with Crippen LogP contribution < -0.4 is 15.4 Å². The highest BCUT2D eigenvalue weighted by Crippen LogP contribution is 2.21. The zero-order valence-corrected chi connectivity index (χ0v) is 18.4. The van der Waals surface area contributed by atoms with Crippen molar-refractivity contribution >= 4 is 29.3 Å². The molecular formula is C25H26N2O3S. The first-order chi connectivity index (χ1) is 15.1. The van der Waals surface area contributed by atoms with Crippen molar-refractivity contribution in [1.82, 2.24) is 5.32 Å². The van der Waals surface area contributed by atoms with E-state index in [9.17, 15) is 9.59 Å². The fraction of sp³-hybridized carbons (Fsp3) is 0.200. The third-order valence-electron chi connectivity index (χ3n) is 4.84. The monoisotopic (exact) mass is 434 g/mol. The second-order valence-corrected chi connectivity index (χ2v) is 7.95. The van der Waals surface area contributed by atoms with Crippen LogP contribution in [0.15, 0.2) is 78.9 Å². The molecule has 3 rings (SSSR count). The minimum Gasteiger partial charge on any atom is -0.497 e. The highest BCUT2D eigenvalue weighted by atomic mass is 32.2. The smallest absolute Gasteiger partial charge is 0.251 e. The summed E-state index contributed by atoms with van der Waals surface area (Å²) in [7, 11) is 1.57. The van der Waals surface area contributed by atoms with Crippen LogP contribution in [-0.2, 0) is 4.79 Å². The number of benzene rings is 3. The summed E-state index contributed by atoms with van der Waals surface area (Å²) in [6.07, 6.45) is 2.51. The van der Waals surface area contributed by atoms with Crippen molar-refractivity contribution in [2.24, 2.45) is 0 Å². The lowest BCUT2D eigenvalue weighted by atomic mass is 10.1. The maximum absolute atomic E-state index is 12.9. The third kappa shape index (κ3) is 6.36. The SMILES string of the molecule is COc1ccc(C(=O)NC(CCSC)C(=O)Nc2ccc(-c3ccccc3)cc2)cc1. The number of anilines is 1. The van der Waals surface area contributed by atoms with Gasteiger partial charge in [0.25, 0.3) is 5.91 Å². The van der Waals surface area contributed by atoms with Gasteiger partial charge in [-0.3, -0.25) is 9.59 Å². The fourth-order valence-corrected chi connectivity index (χ4v) is 3.57. The summed E-state index contributed by atoms with van der Waals surface area (Å²) in [6.45, 7) is 0. The Kier molecular flexibility index (Phi) is 8.12. The van der Waals surface area contributed by atoms with Crippen molar-refractivity contribution in [2.45, 2.75) is 12.5 Å². The maximum atomic E-state index is 12.9. The van der Waals surface area contributed by atoms with Crippen molar-refractivity contribution in [3.8, 4) is 16.9 Å². The van der Waals surface area contributed by atoms with E-state index in [1.807, 2.05) is 60.9 Å². The minimum absolute atomic E-state index is 0.233. The van der Waals surface area contributed by atoms with Gasteiger partial charge >= 0.3 is 0 Å². The maximum Gasteiger partial charge on any atom is 0.251 e. The van der Waals surface area contributed by atoms with Crippen LogP contribution >= 0.6 is 11.8 Å². The lowest BCUT2D eigenvalue weighted by molar-refractivity contribution is -0.118. The first kappa shape index (κ1) is 22.4. The van der Waals surface area contributed by atoms with Crippen molar-refractivity contribution in [3.63, 3.8) is 0 Å². The normalized spacial score (nSPS) is 11.4. The first-order valence-corrected chi connectivity index (χ1v) is 11.4. The van der Waals surface area contributed by atoms with Crippen molar-refractivity contribution in [3.05, 3.63) is 84.4 Å². The van der Waals surface area contributed by atoms with Gasteiger partial charge in [-0.2, -0.15) is 11.8 Å². The molecule has 0 fully saturated rings. The van der Waals surface area contributed by atoms with E-state index in [2.05, 4.69) is 10.6 Å². The summed E-state index contributed by atoms with van der Waals surface area (Å²) in [5.74, 6) is 0.910. The van der Waals surface area contributed by atoms with Crippen LogP contribution in [0.5, 0.6) is 5.75 Å². The molecule has 6 heteroatoms. The van der Waals surface area contributed by atoms with Gasteiger partial charge in [-0.05, 0) is 66.0 Å². The molecule has 0 spiro atoms.